The van der Waals surface area contributed by atoms with E-state index in [-0.39, 0.29) is 18.1 Å². The Kier molecular flexibility index (Phi) is 2.76. The van der Waals surface area contributed by atoms with Crippen LogP contribution < -0.4 is 16.6 Å². The Bertz CT molecular complexity index is 720. The minimum Gasteiger partial charge on any atom is -0.346 e. The van der Waals surface area contributed by atoms with E-state index in [1.165, 1.54) is 0 Å². The number of fused-ring (bicyclic) bond motifs is 3. The molecule has 1 aliphatic rings. The number of hydrogen-bond donors (Lipinski definition) is 3. The average Bonchev–Trinajstić information content (AvgIpc) is 2.72. The molecule has 7 nitrogen and oxygen atoms in total. The predicted octanol–water partition coefficient (Wildman–Crippen LogP) is 0.0276. The summed E-state index contributed by atoms with van der Waals surface area (Å²) in [5.41, 5.74) is 4.17. The van der Waals surface area contributed by atoms with Crippen molar-refractivity contribution in [2.45, 2.75) is 13.5 Å². The zero-order valence-electron chi connectivity index (χ0n) is 10.8. The first-order valence-electron chi connectivity index (χ1n) is 6.10. The van der Waals surface area contributed by atoms with Gasteiger partial charge in [-0.1, -0.05) is 12.1 Å². The maximum absolute atomic E-state index is 12.1. The van der Waals surface area contributed by atoms with Gasteiger partial charge in [0.1, 0.15) is 5.82 Å². The Morgan fingerprint density at radius 3 is 2.95 bits per heavy atom. The highest BCUT2D eigenvalue weighted by atomic mass is 16.2. The first-order chi connectivity index (χ1) is 9.63. The van der Waals surface area contributed by atoms with E-state index in [1.54, 1.807) is 23.6 Å². The van der Waals surface area contributed by atoms with Crippen LogP contribution in [0.25, 0.3) is 5.69 Å². The first-order valence-corrected chi connectivity index (χ1v) is 6.10. The number of nitrogens with one attached hydrogen (secondary N) is 2. The van der Waals surface area contributed by atoms with E-state index in [9.17, 15) is 9.59 Å². The molecule has 0 bridgehead atoms. The quantitative estimate of drug-likeness (QED) is 0.387. The normalized spacial score (nSPS) is 13.0. The molecule has 2 aromatic rings. The van der Waals surface area contributed by atoms with Gasteiger partial charge in [0.2, 0.25) is 0 Å². The Labute approximate surface area is 114 Å². The van der Waals surface area contributed by atoms with Gasteiger partial charge in [-0.25, -0.2) is 10.8 Å². The number of carbonyl (C=O) groups excluding carboxylic acids is 2. The molecule has 0 unspecified atom stereocenters. The fourth-order valence-electron chi connectivity index (χ4n) is 2.43. The van der Waals surface area contributed by atoms with Crippen LogP contribution in [-0.4, -0.2) is 21.4 Å². The van der Waals surface area contributed by atoms with Gasteiger partial charge >= 0.3 is 0 Å². The van der Waals surface area contributed by atoms with Crippen LogP contribution in [0.2, 0.25) is 0 Å². The van der Waals surface area contributed by atoms with Crippen molar-refractivity contribution in [1.82, 2.24) is 20.3 Å². The summed E-state index contributed by atoms with van der Waals surface area (Å²) >= 11 is 0. The van der Waals surface area contributed by atoms with Crippen LogP contribution in [0.3, 0.4) is 0 Å². The molecule has 20 heavy (non-hydrogen) atoms. The minimum absolute atomic E-state index is 0.178. The van der Waals surface area contributed by atoms with E-state index in [0.717, 1.165) is 0 Å². The number of amides is 2. The zero-order chi connectivity index (χ0) is 14.3. The highest BCUT2D eigenvalue weighted by Gasteiger charge is 2.26. The Balaban J connectivity index is 2.30. The fraction of sp³-hybridized carbons (Fsp3) is 0.154. The third kappa shape index (κ3) is 1.68. The van der Waals surface area contributed by atoms with Crippen LogP contribution >= 0.6 is 0 Å². The molecule has 1 aromatic carbocycles. The van der Waals surface area contributed by atoms with E-state index in [1.807, 2.05) is 12.1 Å². The van der Waals surface area contributed by atoms with Gasteiger partial charge < -0.3 is 5.32 Å². The molecule has 1 aliphatic heterocycles. The number of aromatic nitrogens is 2. The van der Waals surface area contributed by atoms with Crippen LogP contribution in [0.15, 0.2) is 24.3 Å². The molecule has 0 radical (unpaired) electrons. The number of imidazole rings is 1. The average molecular weight is 271 g/mol. The largest absolute Gasteiger partial charge is 0.346 e. The molecular formula is C13H13N5O2. The van der Waals surface area contributed by atoms with Crippen molar-refractivity contribution in [2.24, 2.45) is 5.84 Å². The van der Waals surface area contributed by atoms with Crippen LogP contribution in [0.1, 0.15) is 32.4 Å². The van der Waals surface area contributed by atoms with E-state index in [2.05, 4.69) is 15.7 Å². The second kappa shape index (κ2) is 4.46. The second-order valence-electron chi connectivity index (χ2n) is 4.46. The molecule has 0 saturated carbocycles. The van der Waals surface area contributed by atoms with Crippen LogP contribution in [0, 0.1) is 6.92 Å². The first kappa shape index (κ1) is 12.4. The lowest BCUT2D eigenvalue weighted by molar-refractivity contribution is 0.0934. The Hall–Kier alpha value is -2.67. The third-order valence-electron chi connectivity index (χ3n) is 3.29. The van der Waals surface area contributed by atoms with Crippen molar-refractivity contribution in [3.8, 4) is 5.69 Å². The third-order valence-corrected chi connectivity index (χ3v) is 3.29. The van der Waals surface area contributed by atoms with Crippen LogP contribution in [-0.2, 0) is 6.54 Å². The van der Waals surface area contributed by atoms with Gasteiger partial charge in [-0.05, 0) is 19.1 Å². The summed E-state index contributed by atoms with van der Waals surface area (Å²) in [5, 5.41) is 2.77. The maximum Gasteiger partial charge on any atom is 0.285 e. The van der Waals surface area contributed by atoms with Gasteiger partial charge in [0.05, 0.1) is 23.5 Å². The lowest BCUT2D eigenvalue weighted by Gasteiger charge is -2.09. The zero-order valence-corrected chi connectivity index (χ0v) is 10.8. The van der Waals surface area contributed by atoms with Gasteiger partial charge in [0, 0.05) is 0 Å². The SMILES string of the molecule is Cc1nc(C(=O)NN)c2n1-c1ccccc1C(=O)NC2. The number of nitrogen functional groups attached to an aromatic ring is 1. The lowest BCUT2D eigenvalue weighted by Crippen LogP contribution is -2.32. The molecule has 4 N–H and O–H groups in total. The predicted molar refractivity (Wildman–Crippen MR) is 71.1 cm³/mol. The number of hydrogen-bond acceptors (Lipinski definition) is 4. The monoisotopic (exact) mass is 271 g/mol. The molecule has 1 aromatic heterocycles. The molecule has 2 heterocycles. The van der Waals surface area contributed by atoms with Crippen molar-refractivity contribution in [2.75, 3.05) is 0 Å². The van der Waals surface area contributed by atoms with Crippen molar-refractivity contribution < 1.29 is 9.59 Å². The summed E-state index contributed by atoms with van der Waals surface area (Å²) in [5.74, 6) is 5.14. The molecule has 2 amide bonds. The standard InChI is InChI=1S/C13H13N5O2/c1-7-16-11(13(20)17-14)10-6-15-12(19)8-4-2-3-5-9(8)18(7)10/h2-5H,6,14H2,1H3,(H,15,19)(H,17,20). The maximum atomic E-state index is 12.1. The molecule has 3 rings (SSSR count). The van der Waals surface area contributed by atoms with Gasteiger partial charge in [-0.15, -0.1) is 0 Å². The number of nitrogens with zero attached hydrogens (tertiary/aromatic N) is 2. The second-order valence-corrected chi connectivity index (χ2v) is 4.46. The van der Waals surface area contributed by atoms with Crippen molar-refractivity contribution in [3.63, 3.8) is 0 Å². The minimum atomic E-state index is -0.476. The molecule has 0 saturated heterocycles. The molecule has 102 valence electrons. The fourth-order valence-corrected chi connectivity index (χ4v) is 2.43. The number of para-hydroxylation sites is 1. The Morgan fingerprint density at radius 1 is 1.45 bits per heavy atom. The summed E-state index contributed by atoms with van der Waals surface area (Å²) in [7, 11) is 0. The number of rotatable bonds is 1. The number of aryl methyl sites for hydroxylation is 1. The molecular weight excluding hydrogens is 258 g/mol. The van der Waals surface area contributed by atoms with Gasteiger partial charge in [0.15, 0.2) is 5.69 Å². The Morgan fingerprint density at radius 2 is 2.20 bits per heavy atom. The number of carbonyl (C=O) groups is 2. The van der Waals surface area contributed by atoms with Crippen molar-refractivity contribution in [1.29, 1.82) is 0 Å². The molecule has 0 spiro atoms. The smallest absolute Gasteiger partial charge is 0.285 e. The highest BCUT2D eigenvalue weighted by Crippen LogP contribution is 2.24. The van der Waals surface area contributed by atoms with E-state index >= 15 is 0 Å². The lowest BCUT2D eigenvalue weighted by atomic mass is 10.1. The van der Waals surface area contributed by atoms with Crippen LogP contribution in [0.4, 0.5) is 0 Å². The highest BCUT2D eigenvalue weighted by molar-refractivity contribution is 5.99. The van der Waals surface area contributed by atoms with Crippen molar-refractivity contribution >= 4 is 11.8 Å². The van der Waals surface area contributed by atoms with E-state index in [0.29, 0.717) is 22.8 Å². The van der Waals surface area contributed by atoms with Crippen LogP contribution in [0.5, 0.6) is 0 Å². The molecule has 0 atom stereocenters. The number of nitrogens with two attached hydrogens (primary N) is 1. The summed E-state index contributed by atoms with van der Waals surface area (Å²) in [6, 6.07) is 7.19. The van der Waals surface area contributed by atoms with E-state index < -0.39 is 5.91 Å². The van der Waals surface area contributed by atoms with Gasteiger partial charge in [-0.2, -0.15) is 0 Å². The number of benzene rings is 1. The summed E-state index contributed by atoms with van der Waals surface area (Å²) in [6.45, 7) is 2.00. The van der Waals surface area contributed by atoms with Crippen molar-refractivity contribution in [3.05, 3.63) is 47.0 Å². The topological polar surface area (TPSA) is 102 Å². The molecule has 0 aliphatic carbocycles. The van der Waals surface area contributed by atoms with Gasteiger partial charge in [0.25, 0.3) is 11.8 Å². The molecule has 0 fully saturated rings. The molecule has 7 heteroatoms. The summed E-state index contributed by atoms with van der Waals surface area (Å²) in [6.07, 6.45) is 0. The van der Waals surface area contributed by atoms with E-state index in [4.69, 9.17) is 5.84 Å². The van der Waals surface area contributed by atoms with Gasteiger partial charge in [-0.3, -0.25) is 19.6 Å². The number of hydrazine groups is 1. The summed E-state index contributed by atoms with van der Waals surface area (Å²) < 4.78 is 1.80. The summed E-state index contributed by atoms with van der Waals surface area (Å²) in [4.78, 5) is 28.1.